The number of hydrogen-bond donors (Lipinski definition) is 0. The molecule has 0 fully saturated rings. The van der Waals surface area contributed by atoms with Gasteiger partial charge in [-0.15, -0.1) is 0 Å². The second-order valence-corrected chi connectivity index (χ2v) is 7.49. The Kier molecular flexibility index (Phi) is 3.83. The van der Waals surface area contributed by atoms with Crippen LogP contribution >= 0.6 is 0 Å². The first kappa shape index (κ1) is 14.9. The average molecular weight is 317 g/mol. The molecule has 3 nitrogen and oxygen atoms in total. The number of rotatable bonds is 3. The molecule has 0 spiro atoms. The predicted molar refractivity (Wildman–Crippen MR) is 84.4 cm³/mol. The van der Waals surface area contributed by atoms with Gasteiger partial charge < -0.3 is 0 Å². The first-order valence-electron chi connectivity index (χ1n) is 7.09. The number of pyridine rings is 1. The lowest BCUT2D eigenvalue weighted by Gasteiger charge is -2.09. The summed E-state index contributed by atoms with van der Waals surface area (Å²) in [6.07, 6.45) is 5.66. The third kappa shape index (κ3) is 2.95. The van der Waals surface area contributed by atoms with Crippen molar-refractivity contribution in [1.29, 1.82) is 0 Å². The summed E-state index contributed by atoms with van der Waals surface area (Å²) in [5.74, 6) is -0.485. The van der Waals surface area contributed by atoms with Crippen LogP contribution in [0.3, 0.4) is 0 Å². The molecule has 114 valence electrons. The highest BCUT2D eigenvalue weighted by atomic mass is 32.2. The fourth-order valence-electron chi connectivity index (χ4n) is 2.84. The zero-order valence-electron chi connectivity index (χ0n) is 12.2. The van der Waals surface area contributed by atoms with Crippen LogP contribution in [-0.4, -0.2) is 19.7 Å². The summed E-state index contributed by atoms with van der Waals surface area (Å²) in [5, 5.41) is 0. The summed E-state index contributed by atoms with van der Waals surface area (Å²) < 4.78 is 36.0. The van der Waals surface area contributed by atoms with E-state index in [0.717, 1.165) is 30.4 Å². The standard InChI is InChI=1S/C17H16FNO2S/c1-22(20,21)14-8-5-12(6-9-14)15-3-2-4-16(15)13-7-10-17(18)19-11-13/h5-11H,2-4H2,1H3. The van der Waals surface area contributed by atoms with Gasteiger partial charge in [0.15, 0.2) is 9.84 Å². The molecule has 1 aromatic carbocycles. The second-order valence-electron chi connectivity index (χ2n) is 5.48. The lowest BCUT2D eigenvalue weighted by molar-refractivity contribution is 0.583. The zero-order chi connectivity index (χ0) is 15.7. The Hall–Kier alpha value is -2.01. The maximum absolute atomic E-state index is 13.0. The molecule has 0 unspecified atom stereocenters. The van der Waals surface area contributed by atoms with E-state index in [9.17, 15) is 12.8 Å². The Morgan fingerprint density at radius 1 is 0.955 bits per heavy atom. The van der Waals surface area contributed by atoms with Crippen LogP contribution in [0.1, 0.15) is 30.4 Å². The molecule has 1 aromatic heterocycles. The van der Waals surface area contributed by atoms with Gasteiger partial charge in [-0.05, 0) is 65.8 Å². The minimum Gasteiger partial charge on any atom is -0.228 e. The van der Waals surface area contributed by atoms with Gasteiger partial charge in [-0.1, -0.05) is 12.1 Å². The van der Waals surface area contributed by atoms with Crippen LogP contribution in [0.5, 0.6) is 0 Å². The summed E-state index contributed by atoms with van der Waals surface area (Å²) in [5.41, 5.74) is 4.30. The molecular formula is C17H16FNO2S. The van der Waals surface area contributed by atoms with E-state index in [4.69, 9.17) is 0 Å². The fraction of sp³-hybridized carbons (Fsp3) is 0.235. The minimum absolute atomic E-state index is 0.319. The van der Waals surface area contributed by atoms with Gasteiger partial charge in [-0.3, -0.25) is 0 Å². The molecule has 3 rings (SSSR count). The van der Waals surface area contributed by atoms with Gasteiger partial charge in [-0.25, -0.2) is 13.4 Å². The van der Waals surface area contributed by atoms with Crippen LogP contribution in [0.25, 0.3) is 11.1 Å². The maximum atomic E-state index is 13.0. The van der Waals surface area contributed by atoms with Crippen molar-refractivity contribution in [2.75, 3.05) is 6.26 Å². The Labute approximate surface area is 129 Å². The highest BCUT2D eigenvalue weighted by Crippen LogP contribution is 2.39. The van der Waals surface area contributed by atoms with Crippen LogP contribution in [0, 0.1) is 5.95 Å². The number of hydrogen-bond acceptors (Lipinski definition) is 3. The molecule has 1 heterocycles. The molecule has 0 saturated carbocycles. The van der Waals surface area contributed by atoms with Gasteiger partial charge in [0.1, 0.15) is 0 Å². The lowest BCUT2D eigenvalue weighted by atomic mass is 9.98. The van der Waals surface area contributed by atoms with Gasteiger partial charge in [-0.2, -0.15) is 4.39 Å². The van der Waals surface area contributed by atoms with Gasteiger partial charge >= 0.3 is 0 Å². The maximum Gasteiger partial charge on any atom is 0.212 e. The first-order chi connectivity index (χ1) is 10.4. The van der Waals surface area contributed by atoms with Gasteiger partial charge in [0.05, 0.1) is 4.90 Å². The van der Waals surface area contributed by atoms with E-state index in [2.05, 4.69) is 4.98 Å². The third-order valence-electron chi connectivity index (χ3n) is 3.92. The van der Waals surface area contributed by atoms with Crippen LogP contribution < -0.4 is 0 Å². The van der Waals surface area contributed by atoms with E-state index < -0.39 is 15.8 Å². The van der Waals surface area contributed by atoms with Crippen LogP contribution in [0.4, 0.5) is 4.39 Å². The second kappa shape index (κ2) is 5.65. The van der Waals surface area contributed by atoms with Crippen LogP contribution in [-0.2, 0) is 9.84 Å². The monoisotopic (exact) mass is 317 g/mol. The number of aromatic nitrogens is 1. The van der Waals surface area contributed by atoms with Crippen molar-refractivity contribution in [3.05, 3.63) is 59.7 Å². The van der Waals surface area contributed by atoms with E-state index in [1.165, 1.54) is 23.5 Å². The molecule has 0 aliphatic heterocycles. The molecule has 2 aromatic rings. The average Bonchev–Trinajstić information content (AvgIpc) is 2.97. The highest BCUT2D eigenvalue weighted by Gasteiger charge is 2.18. The Balaban J connectivity index is 2.01. The number of nitrogens with zero attached hydrogens (tertiary/aromatic N) is 1. The van der Waals surface area contributed by atoms with Crippen LogP contribution in [0.15, 0.2) is 47.5 Å². The normalized spacial score (nSPS) is 15.4. The van der Waals surface area contributed by atoms with Crippen molar-refractivity contribution in [2.24, 2.45) is 0 Å². The van der Waals surface area contributed by atoms with E-state index in [1.807, 2.05) is 12.1 Å². The largest absolute Gasteiger partial charge is 0.228 e. The quantitative estimate of drug-likeness (QED) is 0.811. The molecule has 0 atom stereocenters. The Morgan fingerprint density at radius 3 is 2.09 bits per heavy atom. The van der Waals surface area contributed by atoms with E-state index >= 15 is 0 Å². The summed E-state index contributed by atoms with van der Waals surface area (Å²) in [4.78, 5) is 4.04. The minimum atomic E-state index is -3.18. The Bertz CT molecular complexity index is 822. The summed E-state index contributed by atoms with van der Waals surface area (Å²) in [7, 11) is -3.18. The lowest BCUT2D eigenvalue weighted by Crippen LogP contribution is -1.97. The van der Waals surface area contributed by atoms with Crippen molar-refractivity contribution in [1.82, 2.24) is 4.98 Å². The van der Waals surface area contributed by atoms with Crippen molar-refractivity contribution >= 4 is 21.0 Å². The molecular weight excluding hydrogens is 301 g/mol. The molecule has 22 heavy (non-hydrogen) atoms. The predicted octanol–water partition coefficient (Wildman–Crippen LogP) is 3.72. The fourth-order valence-corrected chi connectivity index (χ4v) is 3.47. The smallest absolute Gasteiger partial charge is 0.212 e. The van der Waals surface area contributed by atoms with Gasteiger partial charge in [0, 0.05) is 12.5 Å². The summed E-state index contributed by atoms with van der Waals surface area (Å²) in [6.45, 7) is 0. The Morgan fingerprint density at radius 2 is 1.55 bits per heavy atom. The van der Waals surface area contributed by atoms with E-state index in [-0.39, 0.29) is 0 Å². The SMILES string of the molecule is CS(=O)(=O)c1ccc(C2=C(c3ccc(F)nc3)CCC2)cc1. The summed E-state index contributed by atoms with van der Waals surface area (Å²) >= 11 is 0. The van der Waals surface area contributed by atoms with Crippen molar-refractivity contribution in [3.8, 4) is 0 Å². The number of benzene rings is 1. The molecule has 0 bridgehead atoms. The van der Waals surface area contributed by atoms with E-state index in [1.54, 1.807) is 24.4 Å². The zero-order valence-corrected chi connectivity index (χ0v) is 13.0. The molecule has 5 heteroatoms. The van der Waals surface area contributed by atoms with E-state index in [0.29, 0.717) is 4.90 Å². The molecule has 1 aliphatic rings. The molecule has 0 amide bonds. The van der Waals surface area contributed by atoms with Gasteiger partial charge in [0.25, 0.3) is 0 Å². The topological polar surface area (TPSA) is 47.0 Å². The number of allylic oxidation sites excluding steroid dienone is 2. The molecule has 0 saturated heterocycles. The number of halogens is 1. The number of sulfone groups is 1. The molecule has 0 N–H and O–H groups in total. The van der Waals surface area contributed by atoms with Crippen molar-refractivity contribution in [2.45, 2.75) is 24.2 Å². The molecule has 1 aliphatic carbocycles. The first-order valence-corrected chi connectivity index (χ1v) is 8.99. The van der Waals surface area contributed by atoms with Gasteiger partial charge in [0.2, 0.25) is 5.95 Å². The van der Waals surface area contributed by atoms with Crippen molar-refractivity contribution in [3.63, 3.8) is 0 Å². The third-order valence-corrected chi connectivity index (χ3v) is 5.05. The van der Waals surface area contributed by atoms with Crippen LogP contribution in [0.2, 0.25) is 0 Å². The van der Waals surface area contributed by atoms with Crippen molar-refractivity contribution < 1.29 is 12.8 Å². The summed E-state index contributed by atoms with van der Waals surface area (Å²) in [6, 6.07) is 10.1. The highest BCUT2D eigenvalue weighted by molar-refractivity contribution is 7.90. The molecule has 0 radical (unpaired) electrons.